The molecule has 0 aliphatic carbocycles. The van der Waals surface area contributed by atoms with Crippen LogP contribution in [0.3, 0.4) is 0 Å². The Balaban J connectivity index is 0.000000442. The van der Waals surface area contributed by atoms with E-state index in [2.05, 4.69) is 0 Å². The Morgan fingerprint density at radius 2 is 1.80 bits per heavy atom. The lowest BCUT2D eigenvalue weighted by atomic mass is 10.3. The Morgan fingerprint density at radius 3 is 2.33 bits per heavy atom. The molecule has 2 aromatic heterocycles. The van der Waals surface area contributed by atoms with Crippen molar-refractivity contribution in [1.82, 2.24) is 4.40 Å². The smallest absolute Gasteiger partial charge is 0.151 e. The summed E-state index contributed by atoms with van der Waals surface area (Å²) in [5, 5.41) is 0. The number of rotatable bonds is 1. The molecule has 0 radical (unpaired) electrons. The molecule has 2 aromatic rings. The van der Waals surface area contributed by atoms with Gasteiger partial charge in [0.25, 0.3) is 0 Å². The number of aldehydes is 1. The Kier molecular flexibility index (Phi) is 6.98. The van der Waals surface area contributed by atoms with Crippen molar-refractivity contribution in [2.45, 2.75) is 27.7 Å². The zero-order chi connectivity index (χ0) is 11.7. The first kappa shape index (κ1) is 13.4. The van der Waals surface area contributed by atoms with Gasteiger partial charge in [-0.05, 0) is 18.2 Å². The average Bonchev–Trinajstić information content (AvgIpc) is 2.77. The van der Waals surface area contributed by atoms with E-state index < -0.39 is 0 Å². The molecule has 0 fully saturated rings. The summed E-state index contributed by atoms with van der Waals surface area (Å²) in [7, 11) is 0. The molecule has 0 amide bonds. The van der Waals surface area contributed by atoms with Gasteiger partial charge >= 0.3 is 0 Å². The molecule has 2 rings (SSSR count). The van der Waals surface area contributed by atoms with Crippen LogP contribution < -0.4 is 0 Å². The molecule has 2 heterocycles. The summed E-state index contributed by atoms with van der Waals surface area (Å²) in [6.07, 6.45) is 4.58. The van der Waals surface area contributed by atoms with Gasteiger partial charge in [-0.1, -0.05) is 33.8 Å². The standard InChI is InChI=1S/C9H7NO.2C2H6/c11-7-8-5-9-3-1-2-4-10(9)6-8;2*1-2/h1-7H;2*1-2H3. The van der Waals surface area contributed by atoms with Crippen molar-refractivity contribution < 1.29 is 4.79 Å². The second-order valence-corrected chi connectivity index (χ2v) is 2.42. The largest absolute Gasteiger partial charge is 0.323 e. The zero-order valence-electron chi connectivity index (χ0n) is 9.90. The molecule has 2 heteroatoms. The maximum atomic E-state index is 10.4. The van der Waals surface area contributed by atoms with E-state index in [1.807, 2.05) is 68.8 Å². The van der Waals surface area contributed by atoms with E-state index in [0.29, 0.717) is 0 Å². The van der Waals surface area contributed by atoms with Crippen LogP contribution in [0, 0.1) is 0 Å². The Hall–Kier alpha value is -1.57. The fourth-order valence-corrected chi connectivity index (χ4v) is 1.14. The Labute approximate surface area is 91.5 Å². The van der Waals surface area contributed by atoms with Crippen molar-refractivity contribution in [2.24, 2.45) is 0 Å². The minimum absolute atomic E-state index is 0.719. The molecule has 0 saturated carbocycles. The molecule has 0 aliphatic rings. The minimum atomic E-state index is 0.719. The van der Waals surface area contributed by atoms with Gasteiger partial charge in [0, 0.05) is 23.5 Å². The van der Waals surface area contributed by atoms with Crippen LogP contribution in [0.4, 0.5) is 0 Å². The fourth-order valence-electron chi connectivity index (χ4n) is 1.14. The van der Waals surface area contributed by atoms with Gasteiger partial charge in [-0.2, -0.15) is 0 Å². The molecule has 0 bridgehead atoms. The number of carbonyl (C=O) groups excluding carboxylic acids is 1. The predicted molar refractivity (Wildman–Crippen MR) is 65.5 cm³/mol. The second kappa shape index (κ2) is 7.80. The third-order valence-electron chi connectivity index (χ3n) is 1.66. The van der Waals surface area contributed by atoms with Crippen molar-refractivity contribution >= 4 is 11.8 Å². The third-order valence-corrected chi connectivity index (χ3v) is 1.66. The van der Waals surface area contributed by atoms with Crippen LogP contribution in [0.15, 0.2) is 36.7 Å². The molecule has 0 N–H and O–H groups in total. The van der Waals surface area contributed by atoms with Gasteiger partial charge in [0.2, 0.25) is 0 Å². The number of fused-ring (bicyclic) bond motifs is 1. The molecule has 82 valence electrons. The van der Waals surface area contributed by atoms with Gasteiger partial charge in [0.05, 0.1) is 0 Å². The van der Waals surface area contributed by atoms with Crippen molar-refractivity contribution in [3.8, 4) is 0 Å². The Morgan fingerprint density at radius 1 is 1.13 bits per heavy atom. The highest BCUT2D eigenvalue weighted by Gasteiger charge is 1.94. The predicted octanol–water partition coefficient (Wildman–Crippen LogP) is 3.80. The quantitative estimate of drug-likeness (QED) is 0.649. The normalized spacial score (nSPS) is 8.27. The molecule has 0 spiro atoms. The molecule has 0 atom stereocenters. The van der Waals surface area contributed by atoms with Crippen LogP contribution in [-0.2, 0) is 0 Å². The molecule has 2 nitrogen and oxygen atoms in total. The highest BCUT2D eigenvalue weighted by molar-refractivity contribution is 5.78. The lowest BCUT2D eigenvalue weighted by molar-refractivity contribution is 0.112. The molecular weight excluding hydrogens is 186 g/mol. The SMILES string of the molecule is CC.CC.O=Cc1cc2ccccn2c1. The van der Waals surface area contributed by atoms with Crippen LogP contribution in [0.5, 0.6) is 0 Å². The fraction of sp³-hybridized carbons (Fsp3) is 0.308. The lowest BCUT2D eigenvalue weighted by Gasteiger charge is -1.88. The summed E-state index contributed by atoms with van der Waals surface area (Å²) < 4.78 is 1.92. The van der Waals surface area contributed by atoms with Crippen LogP contribution in [0.2, 0.25) is 0 Å². The monoisotopic (exact) mass is 205 g/mol. The summed E-state index contributed by atoms with van der Waals surface area (Å²) in [6.45, 7) is 8.00. The van der Waals surface area contributed by atoms with Gasteiger partial charge in [-0.3, -0.25) is 4.79 Å². The van der Waals surface area contributed by atoms with E-state index in [-0.39, 0.29) is 0 Å². The summed E-state index contributed by atoms with van der Waals surface area (Å²) >= 11 is 0. The van der Waals surface area contributed by atoms with Crippen LogP contribution in [0.25, 0.3) is 5.52 Å². The number of nitrogens with zero attached hydrogens (tertiary/aromatic N) is 1. The van der Waals surface area contributed by atoms with E-state index in [9.17, 15) is 4.79 Å². The first-order valence-corrected chi connectivity index (χ1v) is 5.42. The van der Waals surface area contributed by atoms with E-state index in [1.54, 1.807) is 0 Å². The number of carbonyl (C=O) groups is 1. The van der Waals surface area contributed by atoms with Crippen molar-refractivity contribution in [2.75, 3.05) is 0 Å². The van der Waals surface area contributed by atoms with Gasteiger partial charge in [-0.15, -0.1) is 0 Å². The van der Waals surface area contributed by atoms with E-state index >= 15 is 0 Å². The lowest BCUT2D eigenvalue weighted by Crippen LogP contribution is -1.76. The van der Waals surface area contributed by atoms with E-state index in [1.165, 1.54) is 0 Å². The molecule has 0 aliphatic heterocycles. The average molecular weight is 205 g/mol. The second-order valence-electron chi connectivity index (χ2n) is 2.42. The van der Waals surface area contributed by atoms with Crippen LogP contribution in [0.1, 0.15) is 38.1 Å². The van der Waals surface area contributed by atoms with Gasteiger partial charge in [0.15, 0.2) is 6.29 Å². The topological polar surface area (TPSA) is 21.5 Å². The van der Waals surface area contributed by atoms with Crippen LogP contribution >= 0.6 is 0 Å². The number of hydrogen-bond donors (Lipinski definition) is 0. The highest BCUT2D eigenvalue weighted by Crippen LogP contribution is 2.06. The molecular formula is C13H19NO. The molecule has 0 saturated heterocycles. The maximum Gasteiger partial charge on any atom is 0.151 e. The summed E-state index contributed by atoms with van der Waals surface area (Å²) in [5.74, 6) is 0. The summed E-state index contributed by atoms with van der Waals surface area (Å²) in [4.78, 5) is 10.4. The van der Waals surface area contributed by atoms with Crippen LogP contribution in [-0.4, -0.2) is 10.7 Å². The summed E-state index contributed by atoms with van der Waals surface area (Å²) in [6, 6.07) is 7.70. The van der Waals surface area contributed by atoms with Crippen molar-refractivity contribution in [3.63, 3.8) is 0 Å². The maximum absolute atomic E-state index is 10.4. The van der Waals surface area contributed by atoms with E-state index in [0.717, 1.165) is 17.4 Å². The van der Waals surface area contributed by atoms with Gasteiger partial charge in [0.1, 0.15) is 0 Å². The number of hydrogen-bond acceptors (Lipinski definition) is 1. The summed E-state index contributed by atoms with van der Waals surface area (Å²) in [5.41, 5.74) is 1.77. The van der Waals surface area contributed by atoms with Gasteiger partial charge < -0.3 is 4.40 Å². The number of pyridine rings is 1. The minimum Gasteiger partial charge on any atom is -0.323 e. The Bertz CT molecular complexity index is 357. The molecule has 0 aromatic carbocycles. The van der Waals surface area contributed by atoms with Gasteiger partial charge in [-0.25, -0.2) is 0 Å². The first-order chi connectivity index (χ1) is 7.40. The first-order valence-electron chi connectivity index (χ1n) is 5.42. The van der Waals surface area contributed by atoms with Crippen molar-refractivity contribution in [1.29, 1.82) is 0 Å². The van der Waals surface area contributed by atoms with E-state index in [4.69, 9.17) is 0 Å². The molecule has 15 heavy (non-hydrogen) atoms. The number of aromatic nitrogens is 1. The zero-order valence-corrected chi connectivity index (χ0v) is 9.90. The van der Waals surface area contributed by atoms with Crippen molar-refractivity contribution in [3.05, 3.63) is 42.2 Å². The molecule has 0 unspecified atom stereocenters. The highest BCUT2D eigenvalue weighted by atomic mass is 16.1. The third kappa shape index (κ3) is 3.58.